The molecule has 18 heavy (non-hydrogen) atoms. The summed E-state index contributed by atoms with van der Waals surface area (Å²) < 4.78 is 26.7. The van der Waals surface area contributed by atoms with Crippen molar-refractivity contribution in [1.29, 1.82) is 0 Å². The van der Waals surface area contributed by atoms with Crippen molar-refractivity contribution in [3.8, 4) is 0 Å². The Balaban J connectivity index is 2.70. The second-order valence-electron chi connectivity index (χ2n) is 4.49. The van der Waals surface area contributed by atoms with Crippen molar-refractivity contribution in [3.63, 3.8) is 0 Å². The molecule has 1 amide bonds. The summed E-state index contributed by atoms with van der Waals surface area (Å²) in [5.74, 6) is -1.55. The van der Waals surface area contributed by atoms with Gasteiger partial charge in [0, 0.05) is 19.2 Å². The van der Waals surface area contributed by atoms with E-state index in [-0.39, 0.29) is 23.8 Å². The molecule has 0 aliphatic heterocycles. The molecule has 0 saturated carbocycles. The maximum absolute atomic E-state index is 13.4. The molecule has 100 valence electrons. The quantitative estimate of drug-likeness (QED) is 0.869. The number of hydrogen-bond acceptors (Lipinski definition) is 2. The van der Waals surface area contributed by atoms with E-state index in [2.05, 4.69) is 0 Å². The van der Waals surface area contributed by atoms with Crippen molar-refractivity contribution in [2.24, 2.45) is 11.7 Å². The number of hydrogen-bond donors (Lipinski definition) is 1. The van der Waals surface area contributed by atoms with Crippen LogP contribution in [0.4, 0.5) is 8.78 Å². The van der Waals surface area contributed by atoms with E-state index in [4.69, 9.17) is 5.73 Å². The molecule has 0 aliphatic rings. The van der Waals surface area contributed by atoms with Gasteiger partial charge in [0.05, 0.1) is 6.42 Å². The summed E-state index contributed by atoms with van der Waals surface area (Å²) in [5.41, 5.74) is 5.28. The Morgan fingerprint density at radius 2 is 1.94 bits per heavy atom. The zero-order valence-electron chi connectivity index (χ0n) is 10.6. The highest BCUT2D eigenvalue weighted by Crippen LogP contribution is 2.13. The SMILES string of the molecule is CC(CN)CN(C)C(=O)Cc1c(F)cccc1F. The van der Waals surface area contributed by atoms with Crippen molar-refractivity contribution in [2.75, 3.05) is 20.1 Å². The van der Waals surface area contributed by atoms with Crippen LogP contribution in [-0.2, 0) is 11.2 Å². The van der Waals surface area contributed by atoms with Gasteiger partial charge in [0.1, 0.15) is 11.6 Å². The van der Waals surface area contributed by atoms with Gasteiger partial charge in [-0.3, -0.25) is 4.79 Å². The molecular formula is C13H18F2N2O. The largest absolute Gasteiger partial charge is 0.345 e. The first-order chi connectivity index (χ1) is 8.45. The van der Waals surface area contributed by atoms with E-state index < -0.39 is 11.6 Å². The smallest absolute Gasteiger partial charge is 0.226 e. The van der Waals surface area contributed by atoms with Crippen LogP contribution in [0.25, 0.3) is 0 Å². The molecule has 1 unspecified atom stereocenters. The number of benzene rings is 1. The van der Waals surface area contributed by atoms with E-state index in [0.29, 0.717) is 13.1 Å². The van der Waals surface area contributed by atoms with Gasteiger partial charge in [-0.25, -0.2) is 8.78 Å². The molecule has 0 bridgehead atoms. The van der Waals surface area contributed by atoms with Gasteiger partial charge < -0.3 is 10.6 Å². The predicted octanol–water partition coefficient (Wildman–Crippen LogP) is 1.56. The molecule has 1 aromatic rings. The van der Waals surface area contributed by atoms with E-state index in [0.717, 1.165) is 12.1 Å². The van der Waals surface area contributed by atoms with Gasteiger partial charge in [-0.1, -0.05) is 13.0 Å². The van der Waals surface area contributed by atoms with Gasteiger partial charge in [0.2, 0.25) is 5.91 Å². The molecule has 0 fully saturated rings. The Morgan fingerprint density at radius 1 is 1.39 bits per heavy atom. The lowest BCUT2D eigenvalue weighted by Crippen LogP contribution is -2.34. The number of nitrogens with zero attached hydrogens (tertiary/aromatic N) is 1. The molecule has 0 saturated heterocycles. The zero-order valence-corrected chi connectivity index (χ0v) is 10.6. The monoisotopic (exact) mass is 256 g/mol. The topological polar surface area (TPSA) is 46.3 Å². The standard InChI is InChI=1S/C13H18F2N2O/c1-9(7-16)8-17(2)13(18)6-10-11(14)4-3-5-12(10)15/h3-5,9H,6-8,16H2,1-2H3. The second-order valence-corrected chi connectivity index (χ2v) is 4.49. The van der Waals surface area contributed by atoms with Crippen LogP contribution in [0, 0.1) is 17.6 Å². The van der Waals surface area contributed by atoms with E-state index >= 15 is 0 Å². The molecule has 0 heterocycles. The highest BCUT2D eigenvalue weighted by molar-refractivity contribution is 5.78. The van der Waals surface area contributed by atoms with Crippen molar-refractivity contribution in [2.45, 2.75) is 13.3 Å². The third-order valence-corrected chi connectivity index (χ3v) is 2.80. The summed E-state index contributed by atoms with van der Waals surface area (Å²) in [6, 6.07) is 3.57. The summed E-state index contributed by atoms with van der Waals surface area (Å²) in [4.78, 5) is 13.3. The molecule has 0 spiro atoms. The summed E-state index contributed by atoms with van der Waals surface area (Å²) >= 11 is 0. The van der Waals surface area contributed by atoms with E-state index in [9.17, 15) is 13.6 Å². The lowest BCUT2D eigenvalue weighted by Gasteiger charge is -2.21. The first-order valence-electron chi connectivity index (χ1n) is 5.82. The van der Waals surface area contributed by atoms with Crippen LogP contribution in [-0.4, -0.2) is 30.9 Å². The molecular weight excluding hydrogens is 238 g/mol. The Bertz CT molecular complexity index is 403. The number of carbonyl (C=O) groups excluding carboxylic acids is 1. The van der Waals surface area contributed by atoms with Gasteiger partial charge in [0.15, 0.2) is 0 Å². The van der Waals surface area contributed by atoms with Crippen molar-refractivity contribution < 1.29 is 13.6 Å². The fourth-order valence-corrected chi connectivity index (χ4v) is 1.63. The molecule has 1 atom stereocenters. The number of carbonyl (C=O) groups is 1. The normalized spacial score (nSPS) is 12.3. The van der Waals surface area contributed by atoms with E-state index in [1.165, 1.54) is 11.0 Å². The fraction of sp³-hybridized carbons (Fsp3) is 0.462. The van der Waals surface area contributed by atoms with Crippen LogP contribution < -0.4 is 5.73 Å². The number of likely N-dealkylation sites (N-methyl/N-ethyl adjacent to an activating group) is 1. The number of nitrogens with two attached hydrogens (primary N) is 1. The molecule has 0 radical (unpaired) electrons. The third-order valence-electron chi connectivity index (χ3n) is 2.80. The first-order valence-corrected chi connectivity index (χ1v) is 5.82. The predicted molar refractivity (Wildman–Crippen MR) is 65.9 cm³/mol. The average molecular weight is 256 g/mol. The summed E-state index contributed by atoms with van der Waals surface area (Å²) in [5, 5.41) is 0. The highest BCUT2D eigenvalue weighted by Gasteiger charge is 2.17. The van der Waals surface area contributed by atoms with Crippen LogP contribution in [0.2, 0.25) is 0 Å². The highest BCUT2D eigenvalue weighted by atomic mass is 19.1. The third kappa shape index (κ3) is 3.77. The van der Waals surface area contributed by atoms with Crippen molar-refractivity contribution in [3.05, 3.63) is 35.4 Å². The van der Waals surface area contributed by atoms with Gasteiger partial charge in [-0.15, -0.1) is 0 Å². The molecule has 0 aromatic heterocycles. The zero-order chi connectivity index (χ0) is 13.7. The molecule has 0 aliphatic carbocycles. The van der Waals surface area contributed by atoms with Gasteiger partial charge >= 0.3 is 0 Å². The van der Waals surface area contributed by atoms with Gasteiger partial charge in [-0.2, -0.15) is 0 Å². The number of rotatable bonds is 5. The van der Waals surface area contributed by atoms with Crippen LogP contribution >= 0.6 is 0 Å². The lowest BCUT2D eigenvalue weighted by molar-refractivity contribution is -0.129. The molecule has 1 rings (SSSR count). The van der Waals surface area contributed by atoms with Crippen LogP contribution in [0.1, 0.15) is 12.5 Å². The Labute approximate surface area is 106 Å². The summed E-state index contributed by atoms with van der Waals surface area (Å²) in [7, 11) is 1.60. The minimum atomic E-state index is -0.691. The minimum absolute atomic E-state index is 0.157. The fourth-order valence-electron chi connectivity index (χ4n) is 1.63. The van der Waals surface area contributed by atoms with Crippen molar-refractivity contribution >= 4 is 5.91 Å². The maximum atomic E-state index is 13.4. The van der Waals surface area contributed by atoms with E-state index in [1.54, 1.807) is 7.05 Å². The minimum Gasteiger partial charge on any atom is -0.345 e. The number of halogens is 2. The first kappa shape index (κ1) is 14.6. The Kier molecular flexibility index (Phi) is 5.22. The Morgan fingerprint density at radius 3 is 2.44 bits per heavy atom. The average Bonchev–Trinajstić information content (AvgIpc) is 2.33. The second kappa shape index (κ2) is 6.44. The Hall–Kier alpha value is -1.49. The van der Waals surface area contributed by atoms with E-state index in [1.807, 2.05) is 6.92 Å². The van der Waals surface area contributed by atoms with Crippen molar-refractivity contribution in [1.82, 2.24) is 4.90 Å². The maximum Gasteiger partial charge on any atom is 0.226 e. The summed E-state index contributed by atoms with van der Waals surface area (Å²) in [6.45, 7) is 2.85. The van der Waals surface area contributed by atoms with Crippen LogP contribution in [0.5, 0.6) is 0 Å². The molecule has 2 N–H and O–H groups in total. The summed E-state index contributed by atoms with van der Waals surface area (Å²) in [6.07, 6.45) is -0.272. The number of amides is 1. The molecule has 1 aromatic carbocycles. The lowest BCUT2D eigenvalue weighted by atomic mass is 10.1. The molecule has 3 nitrogen and oxygen atoms in total. The molecule has 5 heteroatoms. The van der Waals surface area contributed by atoms with Crippen LogP contribution in [0.15, 0.2) is 18.2 Å². The van der Waals surface area contributed by atoms with Gasteiger partial charge in [0.25, 0.3) is 0 Å². The van der Waals surface area contributed by atoms with Gasteiger partial charge in [-0.05, 0) is 24.6 Å². The van der Waals surface area contributed by atoms with Crippen LogP contribution in [0.3, 0.4) is 0 Å².